The molecule has 2 aromatic carbocycles. The molecule has 2 saturated carbocycles. The number of ether oxygens (including phenoxy) is 4. The second kappa shape index (κ2) is 10.8. The molecule has 0 N–H and O–H groups in total. The highest BCUT2D eigenvalue weighted by molar-refractivity contribution is 7.85. The molecule has 3 aliphatic rings. The van der Waals surface area contributed by atoms with Crippen molar-refractivity contribution in [3.8, 4) is 17.6 Å². The van der Waals surface area contributed by atoms with Gasteiger partial charge in [-0.1, -0.05) is 30.0 Å². The normalized spacial score (nSPS) is 26.1. The van der Waals surface area contributed by atoms with Gasteiger partial charge in [-0.15, -0.1) is 0 Å². The Hall–Kier alpha value is -3.95. The molecule has 0 amide bonds. The summed E-state index contributed by atoms with van der Waals surface area (Å²) >= 11 is 0. The highest BCUT2D eigenvalue weighted by Gasteiger charge is 2.70. The highest BCUT2D eigenvalue weighted by atomic mass is 32.2. The molecule has 2 aliphatic carbocycles. The van der Waals surface area contributed by atoms with Crippen LogP contribution in [0.15, 0.2) is 48.5 Å². The monoisotopic (exact) mass is 585 g/mol. The third-order valence-corrected chi connectivity index (χ3v) is 8.12. The zero-order valence-electron chi connectivity index (χ0n) is 22.1. The largest absolute Gasteiger partial charge is 0.748 e. The second-order valence-electron chi connectivity index (χ2n) is 10.7. The predicted octanol–water partition coefficient (Wildman–Crippen LogP) is 2.46. The number of halogens is 1. The van der Waals surface area contributed by atoms with E-state index in [0.717, 1.165) is 11.6 Å². The molecule has 0 spiro atoms. The van der Waals surface area contributed by atoms with Crippen molar-refractivity contribution in [2.75, 3.05) is 12.4 Å². The van der Waals surface area contributed by atoms with Gasteiger partial charge in [0.05, 0.1) is 33.3 Å². The lowest BCUT2D eigenvalue weighted by molar-refractivity contribution is -0.155. The molecule has 10 nitrogen and oxygen atoms in total. The minimum atomic E-state index is -4.60. The lowest BCUT2D eigenvalue weighted by Crippen LogP contribution is -2.44. The Morgan fingerprint density at radius 3 is 2.59 bits per heavy atom. The van der Waals surface area contributed by atoms with Gasteiger partial charge in [0.15, 0.2) is 17.2 Å². The van der Waals surface area contributed by atoms with Crippen LogP contribution in [0.5, 0.6) is 5.75 Å². The van der Waals surface area contributed by atoms with E-state index < -0.39 is 81.8 Å². The smallest absolute Gasteiger partial charge is 0.338 e. The first-order chi connectivity index (χ1) is 19.3. The van der Waals surface area contributed by atoms with Gasteiger partial charge in [0.25, 0.3) is 0 Å². The fraction of sp³-hybridized carbons (Fsp3) is 0.414. The number of hydrogen-bond acceptors (Lipinski definition) is 10. The number of carbonyl (C=O) groups is 3. The molecule has 6 atom stereocenters. The van der Waals surface area contributed by atoms with Gasteiger partial charge in [0, 0.05) is 17.4 Å². The summed E-state index contributed by atoms with van der Waals surface area (Å²) in [6.45, 7) is 2.65. The zero-order chi connectivity index (χ0) is 29.5. The van der Waals surface area contributed by atoms with Gasteiger partial charge in [0.2, 0.25) is 0 Å². The van der Waals surface area contributed by atoms with Crippen LogP contribution < -0.4 is 4.74 Å². The topological polar surface area (TPSA) is 145 Å². The van der Waals surface area contributed by atoms with Crippen molar-refractivity contribution in [3.05, 3.63) is 65.5 Å². The summed E-state index contributed by atoms with van der Waals surface area (Å²) in [5, 5.41) is 0. The summed E-state index contributed by atoms with van der Waals surface area (Å²) in [6.07, 6.45) is -1.38. The van der Waals surface area contributed by atoms with E-state index in [0.29, 0.717) is 6.42 Å². The molecule has 2 bridgehead atoms. The molecular weight excluding hydrogens is 559 g/mol. The van der Waals surface area contributed by atoms with E-state index in [9.17, 15) is 31.7 Å². The average molecular weight is 586 g/mol. The van der Waals surface area contributed by atoms with Crippen LogP contribution in [0.2, 0.25) is 0 Å². The van der Waals surface area contributed by atoms with Crippen molar-refractivity contribution < 1.29 is 50.7 Å². The summed E-state index contributed by atoms with van der Waals surface area (Å²) in [5.74, 6) is -1.10. The van der Waals surface area contributed by atoms with E-state index in [4.69, 9.17) is 18.9 Å². The van der Waals surface area contributed by atoms with Crippen molar-refractivity contribution in [2.24, 2.45) is 23.7 Å². The quantitative estimate of drug-likeness (QED) is 0.196. The average Bonchev–Trinajstić information content (AvgIpc) is 3.52. The Morgan fingerprint density at radius 2 is 1.88 bits per heavy atom. The van der Waals surface area contributed by atoms with Crippen molar-refractivity contribution in [3.63, 3.8) is 0 Å². The van der Waals surface area contributed by atoms with Gasteiger partial charge in [-0.05, 0) is 50.6 Å². The Bertz CT molecular complexity index is 1540. The molecule has 2 aromatic rings. The summed E-state index contributed by atoms with van der Waals surface area (Å²) < 4.78 is 69.1. The maximum atomic E-state index is 14.6. The first-order valence-corrected chi connectivity index (χ1v) is 14.5. The first kappa shape index (κ1) is 28.6. The molecule has 6 unspecified atom stereocenters. The van der Waals surface area contributed by atoms with Crippen molar-refractivity contribution >= 4 is 28.0 Å². The lowest BCUT2D eigenvalue weighted by atomic mass is 9.78. The van der Waals surface area contributed by atoms with Crippen LogP contribution in [0.4, 0.5) is 4.39 Å². The van der Waals surface area contributed by atoms with Crippen molar-refractivity contribution in [2.45, 2.75) is 38.1 Å². The van der Waals surface area contributed by atoms with Crippen LogP contribution in [-0.4, -0.2) is 61.0 Å². The van der Waals surface area contributed by atoms with E-state index in [-0.39, 0.29) is 17.2 Å². The van der Waals surface area contributed by atoms with Gasteiger partial charge in [-0.25, -0.2) is 17.6 Å². The Kier molecular flexibility index (Phi) is 7.52. The fourth-order valence-electron chi connectivity index (χ4n) is 5.75. The number of fused-ring (bicyclic) bond motifs is 1. The number of rotatable bonds is 8. The maximum absolute atomic E-state index is 14.6. The Labute approximate surface area is 235 Å². The van der Waals surface area contributed by atoms with Gasteiger partial charge < -0.3 is 23.5 Å². The van der Waals surface area contributed by atoms with E-state index in [1.54, 1.807) is 13.8 Å². The number of benzene rings is 2. The molecule has 0 radical (unpaired) electrons. The molecule has 3 fully saturated rings. The summed E-state index contributed by atoms with van der Waals surface area (Å²) in [4.78, 5) is 38.4. The van der Waals surface area contributed by atoms with E-state index in [1.807, 2.05) is 30.3 Å². The fourth-order valence-corrected chi connectivity index (χ4v) is 6.04. The lowest BCUT2D eigenvalue weighted by Gasteiger charge is -2.30. The molecule has 41 heavy (non-hydrogen) atoms. The van der Waals surface area contributed by atoms with E-state index in [2.05, 4.69) is 11.8 Å². The van der Waals surface area contributed by atoms with Gasteiger partial charge >= 0.3 is 17.9 Å². The molecular formula is C29H26FO10S-. The SMILES string of the molecule is CC(C)(C#Cc1ccccc1)Oc1cc(C(=O)OC2C3CC4C2OC(=O)C4C3C(=O)OCCS(=O)(=O)[O-])ccc1F. The summed E-state index contributed by atoms with van der Waals surface area (Å²) in [5.41, 5.74) is -0.396. The highest BCUT2D eigenvalue weighted by Crippen LogP contribution is 2.59. The van der Waals surface area contributed by atoms with E-state index >= 15 is 0 Å². The zero-order valence-corrected chi connectivity index (χ0v) is 22.9. The van der Waals surface area contributed by atoms with E-state index in [1.165, 1.54) is 12.1 Å². The molecule has 1 saturated heterocycles. The van der Waals surface area contributed by atoms with Gasteiger partial charge in [0.1, 0.15) is 18.8 Å². The number of hydrogen-bond donors (Lipinski definition) is 0. The molecule has 5 rings (SSSR count). The maximum Gasteiger partial charge on any atom is 0.338 e. The van der Waals surface area contributed by atoms with Crippen LogP contribution in [0.1, 0.15) is 36.2 Å². The third kappa shape index (κ3) is 6.06. The molecule has 0 aromatic heterocycles. The van der Waals surface area contributed by atoms with Gasteiger partial charge in [-0.2, -0.15) is 0 Å². The Morgan fingerprint density at radius 1 is 1.15 bits per heavy atom. The van der Waals surface area contributed by atoms with Crippen molar-refractivity contribution in [1.29, 1.82) is 0 Å². The van der Waals surface area contributed by atoms with Crippen LogP contribution in [-0.2, 0) is 33.9 Å². The van der Waals surface area contributed by atoms with Crippen LogP contribution in [0.25, 0.3) is 0 Å². The molecule has 1 heterocycles. The molecule has 12 heteroatoms. The van der Waals surface area contributed by atoms with Crippen LogP contribution >= 0.6 is 0 Å². The minimum Gasteiger partial charge on any atom is -0.748 e. The van der Waals surface area contributed by atoms with Gasteiger partial charge in [-0.3, -0.25) is 9.59 Å². The Balaban J connectivity index is 1.29. The molecule has 1 aliphatic heterocycles. The van der Waals surface area contributed by atoms with Crippen LogP contribution in [0, 0.1) is 41.3 Å². The van der Waals surface area contributed by atoms with Crippen molar-refractivity contribution in [1.82, 2.24) is 0 Å². The number of carbonyl (C=O) groups excluding carboxylic acids is 3. The summed E-state index contributed by atoms with van der Waals surface area (Å²) in [6, 6.07) is 12.6. The predicted molar refractivity (Wildman–Crippen MR) is 138 cm³/mol. The standard InChI is InChI=1S/C29H27FO10S/c1-29(2,11-10-16-6-4-3-5-7-16)40-21-14-17(8-9-20(21)30)26(31)38-24-18-15-19-23(28(33)39-25(19)24)22(18)27(32)37-12-13-41(34,35)36/h3-9,14,18-19,22-25H,12-13,15H2,1-2H3,(H,34,35,36)/p-1. The minimum absolute atomic E-state index is 0.0309. The molecule has 216 valence electrons. The number of esters is 3. The third-order valence-electron chi connectivity index (χ3n) is 7.45. The second-order valence-corrected chi connectivity index (χ2v) is 12.2. The van der Waals surface area contributed by atoms with Crippen LogP contribution in [0.3, 0.4) is 0 Å². The first-order valence-electron chi connectivity index (χ1n) is 12.9. The summed E-state index contributed by atoms with van der Waals surface area (Å²) in [7, 11) is -4.60.